The number of nitriles is 1. The SMILES string of the molecule is CCCC1(CCC)c2cc(/C=C(/Cc3cccc4c3c3ccccc3n4C)c3ccc(C)c(C#N)c3)ccc2-c2c1cc(N(c1ccccc1)c1cccc3c1c1ccccc1n3C)c1cc(C)c(C3CN3)cc21. The van der Waals surface area contributed by atoms with Crippen molar-refractivity contribution < 1.29 is 0 Å². The van der Waals surface area contributed by atoms with E-state index in [1.807, 2.05) is 6.92 Å². The molecule has 1 saturated heterocycles. The Balaban J connectivity index is 1.06. The highest BCUT2D eigenvalue weighted by atomic mass is 15.1. The van der Waals surface area contributed by atoms with Crippen LogP contribution in [0.25, 0.3) is 77.2 Å². The molecule has 2 aromatic heterocycles. The maximum absolute atomic E-state index is 10.4. The molecule has 0 radical (unpaired) electrons. The molecule has 1 atom stereocenters. The van der Waals surface area contributed by atoms with Gasteiger partial charge < -0.3 is 19.4 Å². The van der Waals surface area contributed by atoms with Crippen molar-refractivity contribution in [2.24, 2.45) is 14.1 Å². The van der Waals surface area contributed by atoms with E-state index in [4.69, 9.17) is 0 Å². The Morgan fingerprint density at radius 2 is 1.30 bits per heavy atom. The fraction of sp³-hybridized carbons (Fsp3) is 0.203. The number of para-hydroxylation sites is 3. The van der Waals surface area contributed by atoms with Gasteiger partial charge >= 0.3 is 0 Å². The molecule has 0 bridgehead atoms. The quantitative estimate of drug-likeness (QED) is 0.0980. The summed E-state index contributed by atoms with van der Waals surface area (Å²) < 4.78 is 4.67. The van der Waals surface area contributed by atoms with Crippen LogP contribution in [-0.4, -0.2) is 15.7 Å². The van der Waals surface area contributed by atoms with Crippen LogP contribution in [0.2, 0.25) is 0 Å². The fourth-order valence-corrected chi connectivity index (χ4v) is 13.4. The zero-order valence-electron chi connectivity index (χ0n) is 43.4. The van der Waals surface area contributed by atoms with E-state index in [0.717, 1.165) is 55.5 Å². The zero-order chi connectivity index (χ0) is 50.4. The minimum atomic E-state index is -0.232. The van der Waals surface area contributed by atoms with Crippen LogP contribution >= 0.6 is 0 Å². The second kappa shape index (κ2) is 17.8. The van der Waals surface area contributed by atoms with Gasteiger partial charge in [-0.05, 0) is 166 Å². The number of hydrogen-bond acceptors (Lipinski definition) is 3. The lowest BCUT2D eigenvalue weighted by molar-refractivity contribution is 0.436. The van der Waals surface area contributed by atoms with Crippen molar-refractivity contribution in [1.29, 1.82) is 5.26 Å². The number of anilines is 3. The highest BCUT2D eigenvalue weighted by Crippen LogP contribution is 2.59. The maximum Gasteiger partial charge on any atom is 0.0994 e. The second-order valence-corrected chi connectivity index (χ2v) is 21.2. The molecule has 11 aromatic rings. The largest absolute Gasteiger partial charge is 0.344 e. The molecule has 362 valence electrons. The van der Waals surface area contributed by atoms with Gasteiger partial charge in [-0.3, -0.25) is 0 Å². The van der Waals surface area contributed by atoms with Gasteiger partial charge in [-0.15, -0.1) is 0 Å². The smallest absolute Gasteiger partial charge is 0.0994 e. The van der Waals surface area contributed by atoms with Crippen LogP contribution in [0, 0.1) is 25.2 Å². The van der Waals surface area contributed by atoms with Crippen LogP contribution in [0.3, 0.4) is 0 Å². The summed E-state index contributed by atoms with van der Waals surface area (Å²) in [6, 6.07) is 66.6. The summed E-state index contributed by atoms with van der Waals surface area (Å²) in [5.74, 6) is 0. The molecule has 1 unspecified atom stereocenters. The lowest BCUT2D eigenvalue weighted by Gasteiger charge is -2.34. The van der Waals surface area contributed by atoms with Crippen molar-refractivity contribution >= 4 is 83.1 Å². The third-order valence-corrected chi connectivity index (χ3v) is 16.9. The number of hydrogen-bond donors (Lipinski definition) is 1. The number of nitrogens with zero attached hydrogens (tertiary/aromatic N) is 4. The molecule has 0 amide bonds. The molecule has 0 spiro atoms. The van der Waals surface area contributed by atoms with Gasteiger partial charge in [0.15, 0.2) is 0 Å². The third-order valence-electron chi connectivity index (χ3n) is 16.9. The van der Waals surface area contributed by atoms with Gasteiger partial charge in [0, 0.05) is 81.3 Å². The van der Waals surface area contributed by atoms with E-state index in [1.165, 1.54) is 116 Å². The van der Waals surface area contributed by atoms with Crippen LogP contribution in [-0.2, 0) is 25.9 Å². The maximum atomic E-state index is 10.4. The first kappa shape index (κ1) is 45.7. The number of nitrogens with one attached hydrogen (secondary N) is 1. The lowest BCUT2D eigenvalue weighted by Crippen LogP contribution is -2.25. The number of benzene rings is 9. The van der Waals surface area contributed by atoms with Crippen molar-refractivity contribution in [3.05, 3.63) is 220 Å². The molecule has 1 N–H and O–H groups in total. The molecule has 74 heavy (non-hydrogen) atoms. The van der Waals surface area contributed by atoms with E-state index in [2.05, 4.69) is 236 Å². The molecule has 2 aliphatic rings. The van der Waals surface area contributed by atoms with Gasteiger partial charge in [-0.25, -0.2) is 0 Å². The second-order valence-electron chi connectivity index (χ2n) is 21.2. The molecular weight excluding hydrogens is 899 g/mol. The number of aryl methyl sites for hydroxylation is 4. The Labute approximate surface area is 434 Å². The molecule has 1 fully saturated rings. The predicted molar refractivity (Wildman–Crippen MR) is 312 cm³/mol. The van der Waals surface area contributed by atoms with E-state index in [-0.39, 0.29) is 5.41 Å². The third kappa shape index (κ3) is 7.07. The Morgan fingerprint density at radius 1 is 0.635 bits per heavy atom. The van der Waals surface area contributed by atoms with Crippen molar-refractivity contribution in [3.8, 4) is 17.2 Å². The van der Waals surface area contributed by atoms with Crippen LogP contribution < -0.4 is 10.2 Å². The van der Waals surface area contributed by atoms with E-state index in [9.17, 15) is 5.26 Å². The average Bonchev–Trinajstić information content (AvgIpc) is 4.14. The summed E-state index contributed by atoms with van der Waals surface area (Å²) in [6.07, 6.45) is 7.31. The number of aromatic nitrogens is 2. The Kier molecular flexibility index (Phi) is 11.0. The minimum absolute atomic E-state index is 0.232. The fourth-order valence-electron chi connectivity index (χ4n) is 13.4. The molecule has 1 aliphatic carbocycles. The van der Waals surface area contributed by atoms with E-state index in [1.54, 1.807) is 0 Å². The van der Waals surface area contributed by atoms with Crippen molar-refractivity contribution in [2.75, 3.05) is 11.4 Å². The van der Waals surface area contributed by atoms with E-state index < -0.39 is 0 Å². The van der Waals surface area contributed by atoms with Gasteiger partial charge in [-0.1, -0.05) is 136 Å². The first-order valence-electron chi connectivity index (χ1n) is 26.7. The van der Waals surface area contributed by atoms with E-state index >= 15 is 0 Å². The summed E-state index contributed by atoms with van der Waals surface area (Å²) in [7, 11) is 4.37. The summed E-state index contributed by atoms with van der Waals surface area (Å²) >= 11 is 0. The minimum Gasteiger partial charge on any atom is -0.344 e. The highest BCUT2D eigenvalue weighted by Gasteiger charge is 2.44. The van der Waals surface area contributed by atoms with Gasteiger partial charge in [0.05, 0.1) is 28.5 Å². The normalized spacial score (nSPS) is 14.8. The van der Waals surface area contributed by atoms with Gasteiger partial charge in [0.25, 0.3) is 0 Å². The van der Waals surface area contributed by atoms with Crippen molar-refractivity contribution in [2.45, 2.75) is 71.3 Å². The van der Waals surface area contributed by atoms with Gasteiger partial charge in [0.2, 0.25) is 0 Å². The number of fused-ring (bicyclic) bond motifs is 11. The van der Waals surface area contributed by atoms with Crippen LogP contribution in [0.1, 0.15) is 95.6 Å². The lowest BCUT2D eigenvalue weighted by atomic mass is 9.71. The summed E-state index contributed by atoms with van der Waals surface area (Å²) in [4.78, 5) is 2.57. The molecule has 5 nitrogen and oxygen atoms in total. The number of rotatable bonds is 12. The molecule has 3 heterocycles. The van der Waals surface area contributed by atoms with Gasteiger partial charge in [-0.2, -0.15) is 5.26 Å². The van der Waals surface area contributed by atoms with E-state index in [0.29, 0.717) is 11.6 Å². The first-order chi connectivity index (χ1) is 36.2. The molecule has 9 aromatic carbocycles. The molecule has 1 aliphatic heterocycles. The van der Waals surface area contributed by atoms with Crippen LogP contribution in [0.15, 0.2) is 170 Å². The highest BCUT2D eigenvalue weighted by molar-refractivity contribution is 6.18. The molecule has 5 heteroatoms. The summed E-state index contributed by atoms with van der Waals surface area (Å²) in [6.45, 7) is 10.1. The average molecular weight is 960 g/mol. The number of allylic oxidation sites excluding steroid dienone is 1. The van der Waals surface area contributed by atoms with Crippen LogP contribution in [0.5, 0.6) is 0 Å². The monoisotopic (exact) mass is 959 g/mol. The molecule has 0 saturated carbocycles. The topological polar surface area (TPSA) is 58.8 Å². The Morgan fingerprint density at radius 3 is 2.00 bits per heavy atom. The Hall–Kier alpha value is -8.17. The molecular formula is C69H61N5. The van der Waals surface area contributed by atoms with Gasteiger partial charge in [0.1, 0.15) is 0 Å². The summed E-state index contributed by atoms with van der Waals surface area (Å²) in [5.41, 5.74) is 23.0. The zero-order valence-corrected chi connectivity index (χ0v) is 43.4. The Bertz CT molecular complexity index is 4150. The van der Waals surface area contributed by atoms with Crippen molar-refractivity contribution in [1.82, 2.24) is 14.5 Å². The van der Waals surface area contributed by atoms with Crippen LogP contribution in [0.4, 0.5) is 17.1 Å². The van der Waals surface area contributed by atoms with Crippen molar-refractivity contribution in [3.63, 3.8) is 0 Å². The first-order valence-corrected chi connectivity index (χ1v) is 26.7. The molecule has 13 rings (SSSR count). The summed E-state index contributed by atoms with van der Waals surface area (Å²) in [5, 5.41) is 21.7. The predicted octanol–water partition coefficient (Wildman–Crippen LogP) is 17.4. The standard InChI is InChI=1S/C69H61N5/c1-7-32-69(33-8-2)57-36-45(35-48(46-30-28-43(3)49(37-46)41-70)38-47-18-16-25-62-66(47)52-21-12-14-23-60(52)72(62)5)29-31-51(57)67-56-39-54(59-42-71-59)44(4)34-55(56)65(40-58(67)69)74(50-19-10-9-11-20-50)64-27-17-26-63-68(64)53-22-13-15-24-61(53)73(63)6/h9-31,34-37,39-40,59,71H,7-8,32-33,38,42H2,1-6H3/b48-35-.